The summed E-state index contributed by atoms with van der Waals surface area (Å²) in [4.78, 5) is 23.7. The van der Waals surface area contributed by atoms with E-state index in [1.165, 1.54) is 32.4 Å². The van der Waals surface area contributed by atoms with E-state index in [-0.39, 0.29) is 11.9 Å². The summed E-state index contributed by atoms with van der Waals surface area (Å²) < 4.78 is 0. The van der Waals surface area contributed by atoms with Crippen LogP contribution in [0.25, 0.3) is 0 Å². The van der Waals surface area contributed by atoms with E-state index in [0.717, 1.165) is 70.4 Å². The van der Waals surface area contributed by atoms with Gasteiger partial charge in [0.2, 0.25) is 5.91 Å². The lowest BCUT2D eigenvalue weighted by Crippen LogP contribution is -2.43. The predicted octanol–water partition coefficient (Wildman–Crippen LogP) is 1.75. The second kappa shape index (κ2) is 13.1. The molecular formula is C22H44N6O. The molecule has 2 N–H and O–H groups in total. The summed E-state index contributed by atoms with van der Waals surface area (Å²) in [5, 5.41) is 6.83. The number of carbonyl (C=O) groups excluding carboxylic acids is 1. The Bertz CT molecular complexity index is 510. The van der Waals surface area contributed by atoms with Crippen molar-refractivity contribution in [3.05, 3.63) is 0 Å². The van der Waals surface area contributed by atoms with Gasteiger partial charge in [0.25, 0.3) is 0 Å². The van der Waals surface area contributed by atoms with E-state index in [1.807, 2.05) is 14.1 Å². The van der Waals surface area contributed by atoms with Gasteiger partial charge in [-0.3, -0.25) is 14.7 Å². The fourth-order valence-corrected chi connectivity index (χ4v) is 4.46. The summed E-state index contributed by atoms with van der Waals surface area (Å²) in [6, 6.07) is 0.803. The molecule has 0 bridgehead atoms. The number of rotatable bonds is 10. The standard InChI is InChI=1S/C22H44N6O/c1-5-23-22(24-13-9-17-27-15-7-6-11-19(27)2)25-14-10-18-28-16-8-12-20(28)21(29)26(3)4/h19-20H,5-18H2,1-4H3,(H2,23,24,25). The zero-order chi connectivity index (χ0) is 21.1. The molecule has 2 rings (SSSR count). The Morgan fingerprint density at radius 1 is 1.03 bits per heavy atom. The third-order valence-corrected chi connectivity index (χ3v) is 6.16. The average Bonchev–Trinajstić information content (AvgIpc) is 3.17. The maximum Gasteiger partial charge on any atom is 0.239 e. The van der Waals surface area contributed by atoms with Crippen LogP contribution in [0.5, 0.6) is 0 Å². The topological polar surface area (TPSA) is 63.2 Å². The Kier molecular flexibility index (Phi) is 10.8. The highest BCUT2D eigenvalue weighted by molar-refractivity contribution is 5.81. The van der Waals surface area contributed by atoms with Crippen LogP contribution in [0.4, 0.5) is 0 Å². The number of hydrogen-bond donors (Lipinski definition) is 2. The minimum atomic E-state index is 0.0671. The molecule has 0 aliphatic carbocycles. The third-order valence-electron chi connectivity index (χ3n) is 6.16. The van der Waals surface area contributed by atoms with Crippen molar-refractivity contribution in [2.75, 3.05) is 59.9 Å². The maximum atomic E-state index is 12.3. The summed E-state index contributed by atoms with van der Waals surface area (Å²) in [7, 11) is 3.70. The summed E-state index contributed by atoms with van der Waals surface area (Å²) in [5.74, 6) is 1.16. The van der Waals surface area contributed by atoms with Crippen LogP contribution in [0.2, 0.25) is 0 Å². The SMILES string of the molecule is CCNC(=NCCCN1CCCC1C(=O)N(C)C)NCCCN1CCCCC1C. The number of likely N-dealkylation sites (N-methyl/N-ethyl adjacent to an activating group) is 1. The van der Waals surface area contributed by atoms with E-state index in [1.54, 1.807) is 4.90 Å². The first-order chi connectivity index (χ1) is 14.0. The monoisotopic (exact) mass is 408 g/mol. The molecule has 168 valence electrons. The van der Waals surface area contributed by atoms with Crippen molar-refractivity contribution in [2.24, 2.45) is 4.99 Å². The highest BCUT2D eigenvalue weighted by Gasteiger charge is 2.30. The number of carbonyl (C=O) groups is 1. The molecule has 2 unspecified atom stereocenters. The van der Waals surface area contributed by atoms with Crippen molar-refractivity contribution in [3.8, 4) is 0 Å². The van der Waals surface area contributed by atoms with E-state index >= 15 is 0 Å². The van der Waals surface area contributed by atoms with Gasteiger partial charge in [-0.2, -0.15) is 0 Å². The number of likely N-dealkylation sites (tertiary alicyclic amines) is 2. The smallest absolute Gasteiger partial charge is 0.239 e. The molecule has 0 aromatic carbocycles. The number of hydrogen-bond acceptors (Lipinski definition) is 4. The quantitative estimate of drug-likeness (QED) is 0.328. The van der Waals surface area contributed by atoms with Gasteiger partial charge in [-0.05, 0) is 65.5 Å². The van der Waals surface area contributed by atoms with Gasteiger partial charge in [-0.1, -0.05) is 6.42 Å². The molecule has 7 heteroatoms. The number of nitrogens with zero attached hydrogens (tertiary/aromatic N) is 4. The summed E-state index contributed by atoms with van der Waals surface area (Å²) in [6.45, 7) is 11.5. The van der Waals surface area contributed by atoms with Crippen LogP contribution in [0.3, 0.4) is 0 Å². The van der Waals surface area contributed by atoms with Crippen LogP contribution in [0, 0.1) is 0 Å². The molecule has 2 aliphatic heterocycles. The molecule has 29 heavy (non-hydrogen) atoms. The van der Waals surface area contributed by atoms with Crippen molar-refractivity contribution in [2.45, 2.75) is 70.9 Å². The van der Waals surface area contributed by atoms with Crippen LogP contribution in [0.15, 0.2) is 4.99 Å². The number of amides is 1. The number of nitrogens with one attached hydrogen (secondary N) is 2. The van der Waals surface area contributed by atoms with E-state index in [0.29, 0.717) is 0 Å². The third kappa shape index (κ3) is 8.13. The Morgan fingerprint density at radius 3 is 2.52 bits per heavy atom. The number of guanidine groups is 1. The highest BCUT2D eigenvalue weighted by Crippen LogP contribution is 2.19. The van der Waals surface area contributed by atoms with Gasteiger partial charge in [0.05, 0.1) is 6.04 Å². The lowest BCUT2D eigenvalue weighted by atomic mass is 10.0. The summed E-state index contributed by atoms with van der Waals surface area (Å²) >= 11 is 0. The van der Waals surface area contributed by atoms with Crippen molar-refractivity contribution in [1.29, 1.82) is 0 Å². The lowest BCUT2D eigenvalue weighted by molar-refractivity contribution is -0.133. The van der Waals surface area contributed by atoms with Crippen LogP contribution in [0.1, 0.15) is 58.8 Å². The van der Waals surface area contributed by atoms with Crippen LogP contribution in [-0.4, -0.2) is 98.6 Å². The van der Waals surface area contributed by atoms with Crippen LogP contribution < -0.4 is 10.6 Å². The van der Waals surface area contributed by atoms with Crippen molar-refractivity contribution < 1.29 is 4.79 Å². The molecule has 0 saturated carbocycles. The highest BCUT2D eigenvalue weighted by atomic mass is 16.2. The molecule has 2 fully saturated rings. The Morgan fingerprint density at radius 2 is 1.79 bits per heavy atom. The lowest BCUT2D eigenvalue weighted by Gasteiger charge is -2.33. The van der Waals surface area contributed by atoms with Gasteiger partial charge in [0, 0.05) is 52.9 Å². The fourth-order valence-electron chi connectivity index (χ4n) is 4.46. The van der Waals surface area contributed by atoms with Crippen LogP contribution in [-0.2, 0) is 4.79 Å². The molecule has 2 saturated heterocycles. The largest absolute Gasteiger partial charge is 0.357 e. The molecule has 2 atom stereocenters. The van der Waals surface area contributed by atoms with E-state index in [4.69, 9.17) is 4.99 Å². The first-order valence-corrected chi connectivity index (χ1v) is 11.7. The van der Waals surface area contributed by atoms with E-state index in [2.05, 4.69) is 34.3 Å². The minimum absolute atomic E-state index is 0.0671. The van der Waals surface area contributed by atoms with Gasteiger partial charge < -0.3 is 20.4 Å². The normalized spacial score (nSPS) is 23.9. The second-order valence-electron chi connectivity index (χ2n) is 8.70. The van der Waals surface area contributed by atoms with Crippen LogP contribution >= 0.6 is 0 Å². The minimum Gasteiger partial charge on any atom is -0.357 e. The molecule has 2 heterocycles. The zero-order valence-electron chi connectivity index (χ0n) is 19.3. The average molecular weight is 409 g/mol. The fraction of sp³-hybridized carbons (Fsp3) is 0.909. The molecule has 7 nitrogen and oxygen atoms in total. The van der Waals surface area contributed by atoms with Crippen molar-refractivity contribution in [1.82, 2.24) is 25.3 Å². The molecule has 0 radical (unpaired) electrons. The predicted molar refractivity (Wildman–Crippen MR) is 121 cm³/mol. The summed E-state index contributed by atoms with van der Waals surface area (Å²) in [6.07, 6.45) is 8.31. The molecule has 1 amide bonds. The second-order valence-corrected chi connectivity index (χ2v) is 8.70. The van der Waals surface area contributed by atoms with Gasteiger partial charge in [-0.15, -0.1) is 0 Å². The van der Waals surface area contributed by atoms with Crippen molar-refractivity contribution in [3.63, 3.8) is 0 Å². The molecular weight excluding hydrogens is 364 g/mol. The first-order valence-electron chi connectivity index (χ1n) is 11.7. The molecule has 0 aromatic rings. The van der Waals surface area contributed by atoms with E-state index in [9.17, 15) is 4.79 Å². The molecule has 0 aromatic heterocycles. The van der Waals surface area contributed by atoms with Gasteiger partial charge in [0.15, 0.2) is 5.96 Å². The summed E-state index contributed by atoms with van der Waals surface area (Å²) in [5.41, 5.74) is 0. The number of aliphatic imine (C=N–C) groups is 1. The molecule has 0 spiro atoms. The zero-order valence-corrected chi connectivity index (χ0v) is 19.3. The Hall–Kier alpha value is -1.34. The van der Waals surface area contributed by atoms with Gasteiger partial charge in [0.1, 0.15) is 0 Å². The maximum absolute atomic E-state index is 12.3. The Labute approximate surface area is 178 Å². The first kappa shape index (κ1) is 23.9. The molecule has 2 aliphatic rings. The van der Waals surface area contributed by atoms with E-state index < -0.39 is 0 Å². The number of piperidine rings is 1. The van der Waals surface area contributed by atoms with Gasteiger partial charge >= 0.3 is 0 Å². The van der Waals surface area contributed by atoms with Gasteiger partial charge in [-0.25, -0.2) is 0 Å². The van der Waals surface area contributed by atoms with Crippen molar-refractivity contribution >= 4 is 11.9 Å². The Balaban J connectivity index is 1.66.